The molecule has 0 heterocycles. The first kappa shape index (κ1) is 11.2. The molecule has 0 spiro atoms. The molecule has 0 atom stereocenters. The van der Waals surface area contributed by atoms with Crippen molar-refractivity contribution >= 4 is 0 Å². The van der Waals surface area contributed by atoms with Gasteiger partial charge in [-0.2, -0.15) is 0 Å². The van der Waals surface area contributed by atoms with Crippen LogP contribution in [0.5, 0.6) is 0 Å². The van der Waals surface area contributed by atoms with Crippen molar-refractivity contribution in [3.8, 4) is 0 Å². The Morgan fingerprint density at radius 2 is 1.86 bits per heavy atom. The maximum absolute atomic E-state index is 11.8. The summed E-state index contributed by atoms with van der Waals surface area (Å²) in [4.78, 5) is 0. The Kier molecular flexibility index (Phi) is 4.60. The standard InChI is InChI=1S/C12H18FN/c1-10-5-3-6-11(2)12(10)9-14-8-4-7-13/h3,5-6,14H,4,7-9H2,1-2H3. The van der Waals surface area contributed by atoms with Crippen molar-refractivity contribution in [2.45, 2.75) is 26.8 Å². The van der Waals surface area contributed by atoms with E-state index in [-0.39, 0.29) is 6.67 Å². The molecule has 0 radical (unpaired) electrons. The summed E-state index contributed by atoms with van der Waals surface area (Å²) in [5, 5.41) is 3.24. The minimum absolute atomic E-state index is 0.236. The van der Waals surface area contributed by atoms with E-state index < -0.39 is 0 Å². The average Bonchev–Trinajstić information content (AvgIpc) is 2.16. The maximum Gasteiger partial charge on any atom is 0.0906 e. The Labute approximate surface area is 85.3 Å². The molecular formula is C12H18FN. The third-order valence-electron chi connectivity index (χ3n) is 2.43. The van der Waals surface area contributed by atoms with Crippen LogP contribution >= 0.6 is 0 Å². The van der Waals surface area contributed by atoms with Gasteiger partial charge in [-0.1, -0.05) is 18.2 Å². The Morgan fingerprint density at radius 3 is 2.43 bits per heavy atom. The van der Waals surface area contributed by atoms with Crippen LogP contribution in [0, 0.1) is 13.8 Å². The summed E-state index contributed by atoms with van der Waals surface area (Å²) in [6, 6.07) is 6.29. The second-order valence-corrected chi connectivity index (χ2v) is 3.59. The predicted molar refractivity (Wildman–Crippen MR) is 58.2 cm³/mol. The van der Waals surface area contributed by atoms with Crippen molar-refractivity contribution < 1.29 is 4.39 Å². The van der Waals surface area contributed by atoms with E-state index in [1.807, 2.05) is 0 Å². The zero-order valence-corrected chi connectivity index (χ0v) is 8.94. The van der Waals surface area contributed by atoms with Crippen LogP contribution in [0.15, 0.2) is 18.2 Å². The molecule has 78 valence electrons. The van der Waals surface area contributed by atoms with Crippen molar-refractivity contribution in [3.05, 3.63) is 34.9 Å². The lowest BCUT2D eigenvalue weighted by molar-refractivity contribution is 0.459. The highest BCUT2D eigenvalue weighted by atomic mass is 19.1. The monoisotopic (exact) mass is 195 g/mol. The van der Waals surface area contributed by atoms with Gasteiger partial charge in [0, 0.05) is 6.54 Å². The highest BCUT2D eigenvalue weighted by Gasteiger charge is 2.00. The maximum atomic E-state index is 11.8. The molecule has 0 aromatic heterocycles. The summed E-state index contributed by atoms with van der Waals surface area (Å²) >= 11 is 0. The van der Waals surface area contributed by atoms with E-state index in [1.165, 1.54) is 16.7 Å². The summed E-state index contributed by atoms with van der Waals surface area (Å²) in [5.74, 6) is 0. The summed E-state index contributed by atoms with van der Waals surface area (Å²) in [6.07, 6.45) is 0.602. The fourth-order valence-electron chi connectivity index (χ4n) is 1.53. The molecule has 0 aliphatic heterocycles. The van der Waals surface area contributed by atoms with E-state index in [4.69, 9.17) is 0 Å². The first-order valence-electron chi connectivity index (χ1n) is 5.07. The largest absolute Gasteiger partial charge is 0.313 e. The molecule has 1 aromatic rings. The van der Waals surface area contributed by atoms with Crippen LogP contribution < -0.4 is 5.32 Å². The molecule has 0 aliphatic carbocycles. The van der Waals surface area contributed by atoms with Crippen molar-refractivity contribution in [1.29, 1.82) is 0 Å². The summed E-state index contributed by atoms with van der Waals surface area (Å²) in [5.41, 5.74) is 3.95. The van der Waals surface area contributed by atoms with E-state index in [9.17, 15) is 4.39 Å². The lowest BCUT2D eigenvalue weighted by Gasteiger charge is -2.10. The number of nitrogens with one attached hydrogen (secondary N) is 1. The molecule has 0 amide bonds. The van der Waals surface area contributed by atoms with Gasteiger partial charge in [0.25, 0.3) is 0 Å². The fraction of sp³-hybridized carbons (Fsp3) is 0.500. The summed E-state index contributed by atoms with van der Waals surface area (Å²) in [7, 11) is 0. The number of hydrogen-bond acceptors (Lipinski definition) is 1. The average molecular weight is 195 g/mol. The summed E-state index contributed by atoms with van der Waals surface area (Å²) < 4.78 is 11.8. The molecule has 1 rings (SSSR count). The van der Waals surface area contributed by atoms with E-state index in [1.54, 1.807) is 0 Å². The molecule has 2 heteroatoms. The molecule has 0 bridgehead atoms. The van der Waals surface area contributed by atoms with Gasteiger partial charge in [0.15, 0.2) is 0 Å². The van der Waals surface area contributed by atoms with Gasteiger partial charge in [-0.3, -0.25) is 4.39 Å². The number of aryl methyl sites for hydroxylation is 2. The Morgan fingerprint density at radius 1 is 1.21 bits per heavy atom. The van der Waals surface area contributed by atoms with Crippen molar-refractivity contribution in [1.82, 2.24) is 5.32 Å². The number of rotatable bonds is 5. The van der Waals surface area contributed by atoms with Crippen LogP contribution in [0.2, 0.25) is 0 Å². The Balaban J connectivity index is 2.49. The molecule has 14 heavy (non-hydrogen) atoms. The number of alkyl halides is 1. The zero-order valence-electron chi connectivity index (χ0n) is 8.94. The lowest BCUT2D eigenvalue weighted by Crippen LogP contribution is -2.16. The van der Waals surface area contributed by atoms with Gasteiger partial charge in [0.2, 0.25) is 0 Å². The third-order valence-corrected chi connectivity index (χ3v) is 2.43. The van der Waals surface area contributed by atoms with Gasteiger partial charge in [-0.25, -0.2) is 0 Å². The van der Waals surface area contributed by atoms with E-state index in [0.29, 0.717) is 6.42 Å². The molecule has 1 aromatic carbocycles. The normalized spacial score (nSPS) is 10.5. The second kappa shape index (κ2) is 5.76. The first-order valence-corrected chi connectivity index (χ1v) is 5.07. The van der Waals surface area contributed by atoms with Gasteiger partial charge >= 0.3 is 0 Å². The summed E-state index contributed by atoms with van der Waals surface area (Å²) in [6.45, 7) is 5.58. The predicted octanol–water partition coefficient (Wildman–Crippen LogP) is 2.75. The van der Waals surface area contributed by atoms with Gasteiger partial charge in [-0.05, 0) is 43.5 Å². The second-order valence-electron chi connectivity index (χ2n) is 3.59. The zero-order chi connectivity index (χ0) is 10.4. The number of hydrogen-bond donors (Lipinski definition) is 1. The highest BCUT2D eigenvalue weighted by molar-refractivity contribution is 5.33. The smallest absolute Gasteiger partial charge is 0.0906 e. The molecular weight excluding hydrogens is 177 g/mol. The van der Waals surface area contributed by atoms with E-state index >= 15 is 0 Å². The molecule has 1 nitrogen and oxygen atoms in total. The van der Waals surface area contributed by atoms with Crippen LogP contribution in [0.4, 0.5) is 4.39 Å². The highest BCUT2D eigenvalue weighted by Crippen LogP contribution is 2.12. The molecule has 0 unspecified atom stereocenters. The Hall–Kier alpha value is -0.890. The quantitative estimate of drug-likeness (QED) is 0.712. The van der Waals surface area contributed by atoms with Gasteiger partial charge < -0.3 is 5.32 Å². The van der Waals surface area contributed by atoms with Crippen molar-refractivity contribution in [2.24, 2.45) is 0 Å². The number of benzene rings is 1. The van der Waals surface area contributed by atoms with E-state index in [0.717, 1.165) is 13.1 Å². The fourth-order valence-corrected chi connectivity index (χ4v) is 1.53. The molecule has 0 saturated heterocycles. The van der Waals surface area contributed by atoms with Gasteiger partial charge in [0.05, 0.1) is 6.67 Å². The van der Waals surface area contributed by atoms with Crippen LogP contribution in [0.3, 0.4) is 0 Å². The van der Waals surface area contributed by atoms with Gasteiger partial charge in [-0.15, -0.1) is 0 Å². The molecule has 0 fully saturated rings. The first-order chi connectivity index (χ1) is 6.75. The van der Waals surface area contributed by atoms with Gasteiger partial charge in [0.1, 0.15) is 0 Å². The van der Waals surface area contributed by atoms with Crippen LogP contribution in [-0.4, -0.2) is 13.2 Å². The molecule has 1 N–H and O–H groups in total. The van der Waals surface area contributed by atoms with Crippen LogP contribution in [0.25, 0.3) is 0 Å². The lowest BCUT2D eigenvalue weighted by atomic mass is 10.0. The van der Waals surface area contributed by atoms with Crippen molar-refractivity contribution in [3.63, 3.8) is 0 Å². The van der Waals surface area contributed by atoms with Crippen molar-refractivity contribution in [2.75, 3.05) is 13.2 Å². The number of halogens is 1. The Bertz CT molecular complexity index is 263. The molecule has 0 saturated carbocycles. The van der Waals surface area contributed by atoms with Crippen LogP contribution in [0.1, 0.15) is 23.1 Å². The topological polar surface area (TPSA) is 12.0 Å². The SMILES string of the molecule is Cc1cccc(C)c1CNCCCF. The van der Waals surface area contributed by atoms with E-state index in [2.05, 4.69) is 37.4 Å². The minimum Gasteiger partial charge on any atom is -0.313 e. The van der Waals surface area contributed by atoms with Crippen LogP contribution in [-0.2, 0) is 6.54 Å². The molecule has 0 aliphatic rings. The third kappa shape index (κ3) is 3.11. The minimum atomic E-state index is -0.236.